The summed E-state index contributed by atoms with van der Waals surface area (Å²) in [4.78, 5) is 27.4. The average molecular weight is 423 g/mol. The van der Waals surface area contributed by atoms with Crippen LogP contribution < -0.4 is 10.2 Å². The number of anilines is 1. The summed E-state index contributed by atoms with van der Waals surface area (Å²) in [6.45, 7) is 1.33. The van der Waals surface area contributed by atoms with E-state index in [4.69, 9.17) is 11.6 Å². The topological polar surface area (TPSA) is 49.4 Å². The molecule has 156 valence electrons. The largest absolute Gasteiger partial charge is 0.352 e. The first kappa shape index (κ1) is 20.7. The van der Waals surface area contributed by atoms with E-state index in [1.165, 1.54) is 24.8 Å². The van der Waals surface area contributed by atoms with E-state index in [0.29, 0.717) is 29.2 Å². The fourth-order valence-corrected chi connectivity index (χ4v) is 4.49. The van der Waals surface area contributed by atoms with Crippen LogP contribution in [0.4, 0.5) is 5.69 Å². The Labute approximate surface area is 182 Å². The average Bonchev–Trinajstić information content (AvgIpc) is 2.78. The van der Waals surface area contributed by atoms with Crippen molar-refractivity contribution < 1.29 is 9.59 Å². The number of carbonyl (C=O) groups excluding carboxylic acids is 2. The van der Waals surface area contributed by atoms with Gasteiger partial charge in [-0.25, -0.2) is 0 Å². The number of hydrogen-bond donors (Lipinski definition) is 1. The number of rotatable bonds is 5. The van der Waals surface area contributed by atoms with E-state index in [9.17, 15) is 9.59 Å². The lowest BCUT2D eigenvalue weighted by atomic mass is 9.97. The van der Waals surface area contributed by atoms with Gasteiger partial charge in [-0.1, -0.05) is 29.3 Å². The zero-order valence-electron chi connectivity index (χ0n) is 17.1. The van der Waals surface area contributed by atoms with Crippen LogP contribution in [-0.2, 0) is 6.42 Å². The van der Waals surface area contributed by atoms with Gasteiger partial charge in [-0.2, -0.15) is 0 Å². The molecule has 4 nitrogen and oxygen atoms in total. The summed E-state index contributed by atoms with van der Waals surface area (Å²) in [5.74, 6) is -0.107. The standard InChI is InChI=1S/C25H27ClN2O2/c26-22-10-4-8-21(17-22)25(30)28-15-5-9-19-16-20(11-12-23(19)28)24(29)27-14-13-18-6-2-1-3-7-18/h4,6,8,10-12,16-17H,1-3,5,7,9,13-15H2,(H,27,29). The van der Waals surface area contributed by atoms with Crippen molar-refractivity contribution in [1.29, 1.82) is 0 Å². The first-order valence-corrected chi connectivity index (χ1v) is 11.2. The van der Waals surface area contributed by atoms with Gasteiger partial charge in [-0.15, -0.1) is 0 Å². The molecule has 2 amide bonds. The Morgan fingerprint density at radius 3 is 2.70 bits per heavy atom. The van der Waals surface area contributed by atoms with E-state index in [1.54, 1.807) is 29.2 Å². The molecular weight excluding hydrogens is 396 g/mol. The maximum absolute atomic E-state index is 13.0. The van der Waals surface area contributed by atoms with Crippen LogP contribution in [0.1, 0.15) is 64.8 Å². The fraction of sp³-hybridized carbons (Fsp3) is 0.360. The number of nitrogens with zero attached hydrogens (tertiary/aromatic N) is 1. The smallest absolute Gasteiger partial charge is 0.258 e. The third kappa shape index (κ3) is 4.76. The second-order valence-corrected chi connectivity index (χ2v) is 8.46. The van der Waals surface area contributed by atoms with Crippen LogP contribution in [0.25, 0.3) is 0 Å². The minimum absolute atomic E-state index is 0.0486. The molecule has 0 radical (unpaired) electrons. The molecule has 1 heterocycles. The highest BCUT2D eigenvalue weighted by Gasteiger charge is 2.24. The van der Waals surface area contributed by atoms with Gasteiger partial charge in [0, 0.05) is 34.9 Å². The molecule has 5 heteroatoms. The van der Waals surface area contributed by atoms with Crippen LogP contribution in [0.3, 0.4) is 0 Å². The molecule has 0 atom stereocenters. The van der Waals surface area contributed by atoms with Crippen molar-refractivity contribution >= 4 is 29.1 Å². The summed E-state index contributed by atoms with van der Waals surface area (Å²) in [7, 11) is 0. The van der Waals surface area contributed by atoms with E-state index >= 15 is 0 Å². The molecule has 1 aliphatic heterocycles. The number of amides is 2. The number of benzene rings is 2. The monoisotopic (exact) mass is 422 g/mol. The first-order valence-electron chi connectivity index (χ1n) is 10.8. The van der Waals surface area contributed by atoms with Gasteiger partial charge in [0.25, 0.3) is 11.8 Å². The summed E-state index contributed by atoms with van der Waals surface area (Å²) >= 11 is 6.06. The molecule has 0 bridgehead atoms. The van der Waals surface area contributed by atoms with Crippen LogP contribution in [-0.4, -0.2) is 24.9 Å². The van der Waals surface area contributed by atoms with Gasteiger partial charge in [-0.05, 0) is 86.9 Å². The van der Waals surface area contributed by atoms with Crippen LogP contribution in [0.2, 0.25) is 5.02 Å². The number of aryl methyl sites for hydroxylation is 1. The van der Waals surface area contributed by atoms with E-state index in [-0.39, 0.29) is 11.8 Å². The summed E-state index contributed by atoms with van der Waals surface area (Å²) in [5, 5.41) is 3.59. The summed E-state index contributed by atoms with van der Waals surface area (Å²) in [6.07, 6.45) is 9.85. The van der Waals surface area contributed by atoms with Crippen molar-refractivity contribution in [2.24, 2.45) is 0 Å². The van der Waals surface area contributed by atoms with Gasteiger partial charge >= 0.3 is 0 Å². The lowest BCUT2D eigenvalue weighted by Gasteiger charge is -2.30. The first-order chi connectivity index (χ1) is 14.6. The van der Waals surface area contributed by atoms with E-state index in [2.05, 4.69) is 11.4 Å². The molecule has 2 aromatic rings. The number of hydrogen-bond acceptors (Lipinski definition) is 2. The number of allylic oxidation sites excluding steroid dienone is 1. The minimum atomic E-state index is -0.0589. The Morgan fingerprint density at radius 1 is 1.00 bits per heavy atom. The molecule has 4 rings (SSSR count). The molecule has 1 N–H and O–H groups in total. The molecule has 2 aliphatic rings. The predicted molar refractivity (Wildman–Crippen MR) is 121 cm³/mol. The molecule has 0 saturated heterocycles. The van der Waals surface area contributed by atoms with Gasteiger partial charge < -0.3 is 10.2 Å². The lowest BCUT2D eigenvalue weighted by molar-refractivity contribution is 0.0953. The van der Waals surface area contributed by atoms with E-state index < -0.39 is 0 Å². The highest BCUT2D eigenvalue weighted by Crippen LogP contribution is 2.30. The van der Waals surface area contributed by atoms with Crippen LogP contribution >= 0.6 is 11.6 Å². The highest BCUT2D eigenvalue weighted by molar-refractivity contribution is 6.31. The fourth-order valence-electron chi connectivity index (χ4n) is 4.30. The van der Waals surface area contributed by atoms with E-state index in [0.717, 1.165) is 36.9 Å². The summed E-state index contributed by atoms with van der Waals surface area (Å²) in [6, 6.07) is 12.7. The highest BCUT2D eigenvalue weighted by atomic mass is 35.5. The second-order valence-electron chi connectivity index (χ2n) is 8.03. The Balaban J connectivity index is 1.44. The molecule has 1 aliphatic carbocycles. The van der Waals surface area contributed by atoms with Gasteiger partial charge in [-0.3, -0.25) is 9.59 Å². The number of fused-ring (bicyclic) bond motifs is 1. The maximum atomic E-state index is 13.0. The van der Waals surface area contributed by atoms with Gasteiger partial charge in [0.05, 0.1) is 0 Å². The van der Waals surface area contributed by atoms with Crippen molar-refractivity contribution in [2.45, 2.75) is 44.9 Å². The van der Waals surface area contributed by atoms with E-state index in [1.807, 2.05) is 18.2 Å². The Hall–Kier alpha value is -2.59. The minimum Gasteiger partial charge on any atom is -0.352 e. The predicted octanol–water partition coefficient (Wildman–Crippen LogP) is 5.55. The number of carbonyl (C=O) groups is 2. The molecule has 0 aromatic heterocycles. The third-order valence-electron chi connectivity index (χ3n) is 5.89. The normalized spacial score (nSPS) is 15.9. The van der Waals surface area contributed by atoms with Crippen LogP contribution in [0, 0.1) is 0 Å². The van der Waals surface area contributed by atoms with Crippen molar-refractivity contribution in [1.82, 2.24) is 5.32 Å². The number of halogens is 1. The molecule has 0 spiro atoms. The van der Waals surface area contributed by atoms with Crippen molar-refractivity contribution in [3.05, 3.63) is 75.8 Å². The molecule has 0 unspecified atom stereocenters. The maximum Gasteiger partial charge on any atom is 0.258 e. The quantitative estimate of drug-likeness (QED) is 0.642. The van der Waals surface area contributed by atoms with Crippen molar-refractivity contribution in [3.63, 3.8) is 0 Å². The third-order valence-corrected chi connectivity index (χ3v) is 6.13. The van der Waals surface area contributed by atoms with Gasteiger partial charge in [0.15, 0.2) is 0 Å². The molecule has 0 saturated carbocycles. The Morgan fingerprint density at radius 2 is 1.90 bits per heavy atom. The molecule has 2 aromatic carbocycles. The number of nitrogens with one attached hydrogen (secondary N) is 1. The van der Waals surface area contributed by atoms with Crippen LogP contribution in [0.15, 0.2) is 54.1 Å². The van der Waals surface area contributed by atoms with Gasteiger partial charge in [0.1, 0.15) is 0 Å². The summed E-state index contributed by atoms with van der Waals surface area (Å²) < 4.78 is 0. The zero-order valence-corrected chi connectivity index (χ0v) is 17.9. The Bertz CT molecular complexity index is 983. The van der Waals surface area contributed by atoms with Crippen LogP contribution in [0.5, 0.6) is 0 Å². The second kappa shape index (κ2) is 9.48. The molecule has 0 fully saturated rings. The Kier molecular flexibility index (Phi) is 6.53. The summed E-state index contributed by atoms with van der Waals surface area (Å²) in [5.41, 5.74) is 4.62. The SMILES string of the molecule is O=C(NCCC1=CCCCC1)c1ccc2c(c1)CCCN2C(=O)c1cccc(Cl)c1. The van der Waals surface area contributed by atoms with Crippen molar-refractivity contribution in [2.75, 3.05) is 18.0 Å². The van der Waals surface area contributed by atoms with Gasteiger partial charge in [0.2, 0.25) is 0 Å². The molecular formula is C25H27ClN2O2. The zero-order chi connectivity index (χ0) is 20.9. The lowest BCUT2D eigenvalue weighted by Crippen LogP contribution is -2.35. The molecule has 30 heavy (non-hydrogen) atoms. The van der Waals surface area contributed by atoms with Crippen molar-refractivity contribution in [3.8, 4) is 0 Å².